The van der Waals surface area contributed by atoms with Crippen molar-refractivity contribution in [3.8, 4) is 0 Å². The highest BCUT2D eigenvalue weighted by Crippen LogP contribution is 2.30. The van der Waals surface area contributed by atoms with Gasteiger partial charge in [0, 0.05) is 25.3 Å². The van der Waals surface area contributed by atoms with E-state index in [9.17, 15) is 13.2 Å². The van der Waals surface area contributed by atoms with Gasteiger partial charge in [0.25, 0.3) is 0 Å². The Morgan fingerprint density at radius 1 is 1.12 bits per heavy atom. The molecule has 0 atom stereocenters. The van der Waals surface area contributed by atoms with E-state index in [0.29, 0.717) is 26.2 Å². The average molecular weight is 375 g/mol. The average Bonchev–Trinajstić information content (AvgIpc) is 2.61. The molecule has 1 amide bonds. The van der Waals surface area contributed by atoms with Gasteiger partial charge in [-0.05, 0) is 45.2 Å². The Morgan fingerprint density at radius 3 is 2.44 bits per heavy atom. The number of rotatable bonds is 9. The molecule has 1 N–H and O–H groups in total. The molecule has 2 saturated heterocycles. The van der Waals surface area contributed by atoms with Crippen LogP contribution in [0.5, 0.6) is 0 Å². The number of nitrogens with zero attached hydrogens (tertiary/aromatic N) is 1. The molecule has 7 heteroatoms. The lowest BCUT2D eigenvalue weighted by Crippen LogP contribution is -2.60. The van der Waals surface area contributed by atoms with Crippen LogP contribution < -0.4 is 5.32 Å². The summed E-state index contributed by atoms with van der Waals surface area (Å²) in [6.07, 6.45) is 7.96. The Hall–Kier alpha value is -0.660. The Bertz CT molecular complexity index is 509. The first-order chi connectivity index (χ1) is 12.0. The van der Waals surface area contributed by atoms with Crippen molar-refractivity contribution >= 4 is 15.7 Å². The second kappa shape index (κ2) is 9.88. The molecular weight excluding hydrogens is 340 g/mol. The number of sulfone groups is 1. The minimum atomic E-state index is -3.30. The van der Waals surface area contributed by atoms with E-state index >= 15 is 0 Å². The zero-order chi connectivity index (χ0) is 18.2. The zero-order valence-electron chi connectivity index (χ0n) is 15.6. The maximum atomic E-state index is 12.2. The maximum Gasteiger partial charge on any atom is 0.235 e. The minimum Gasteiger partial charge on any atom is -0.381 e. The topological polar surface area (TPSA) is 75.7 Å². The van der Waals surface area contributed by atoms with Gasteiger partial charge in [-0.25, -0.2) is 8.42 Å². The number of carbonyl (C=O) groups excluding carboxylic acids is 1. The Morgan fingerprint density at radius 2 is 1.80 bits per heavy atom. The van der Waals surface area contributed by atoms with E-state index < -0.39 is 9.84 Å². The van der Waals surface area contributed by atoms with Gasteiger partial charge in [-0.1, -0.05) is 26.2 Å². The molecule has 0 aromatic rings. The lowest BCUT2D eigenvalue weighted by Gasteiger charge is -2.48. The smallest absolute Gasteiger partial charge is 0.235 e. The minimum absolute atomic E-state index is 0.0691. The van der Waals surface area contributed by atoms with Gasteiger partial charge in [0.1, 0.15) is 5.75 Å². The number of piperidine rings is 1. The fourth-order valence-corrected chi connectivity index (χ4v) is 5.17. The zero-order valence-corrected chi connectivity index (χ0v) is 16.4. The van der Waals surface area contributed by atoms with E-state index in [1.165, 1.54) is 19.3 Å². The van der Waals surface area contributed by atoms with Gasteiger partial charge in [-0.15, -0.1) is 0 Å². The molecule has 0 spiro atoms. The first-order valence-electron chi connectivity index (χ1n) is 9.77. The summed E-state index contributed by atoms with van der Waals surface area (Å²) >= 11 is 0. The van der Waals surface area contributed by atoms with Crippen molar-refractivity contribution in [2.24, 2.45) is 0 Å². The second-order valence-corrected chi connectivity index (χ2v) is 9.64. The van der Waals surface area contributed by atoms with Gasteiger partial charge < -0.3 is 10.1 Å². The van der Waals surface area contributed by atoms with Crippen LogP contribution in [0.3, 0.4) is 0 Å². The summed E-state index contributed by atoms with van der Waals surface area (Å²) in [5.41, 5.74) is -0.0691. The lowest BCUT2D eigenvalue weighted by molar-refractivity contribution is -0.120. The molecule has 2 fully saturated rings. The summed E-state index contributed by atoms with van der Waals surface area (Å²) in [4.78, 5) is 14.7. The number of unbranched alkanes of at least 4 members (excludes halogenated alkanes) is 2. The molecule has 6 nitrogen and oxygen atoms in total. The van der Waals surface area contributed by atoms with Gasteiger partial charge in [-0.2, -0.15) is 0 Å². The molecule has 2 aliphatic heterocycles. The van der Waals surface area contributed by atoms with Crippen molar-refractivity contribution < 1.29 is 17.9 Å². The largest absolute Gasteiger partial charge is 0.381 e. The summed E-state index contributed by atoms with van der Waals surface area (Å²) in [5, 5.41) is 2.92. The third-order valence-corrected chi connectivity index (χ3v) is 7.09. The number of nitrogens with one attached hydrogen (secondary N) is 1. The first-order valence-corrected chi connectivity index (χ1v) is 11.6. The van der Waals surface area contributed by atoms with Crippen molar-refractivity contribution in [3.05, 3.63) is 0 Å². The molecule has 0 aliphatic carbocycles. The van der Waals surface area contributed by atoms with Crippen molar-refractivity contribution in [2.75, 3.05) is 44.4 Å². The number of ether oxygens (including phenoxy) is 1. The predicted octanol–water partition coefficient (Wildman–Crippen LogP) is 1.74. The molecule has 2 aliphatic rings. The Balaban J connectivity index is 1.88. The number of likely N-dealkylation sites (tertiary alicyclic amines) is 1. The highest BCUT2D eigenvalue weighted by molar-refractivity contribution is 7.92. The van der Waals surface area contributed by atoms with Gasteiger partial charge in [0.2, 0.25) is 5.91 Å². The summed E-state index contributed by atoms with van der Waals surface area (Å²) in [6.45, 7) is 6.10. The standard InChI is InChI=1S/C18H34N2O4S/c1-2-3-7-14-25(22,23)15-17(21)19-16-18(8-12-24-13-9-18)20-10-5-4-6-11-20/h2-16H2,1H3,(H,19,21). The first kappa shape index (κ1) is 20.6. The Labute approximate surface area is 152 Å². The monoisotopic (exact) mass is 374 g/mol. The second-order valence-electron chi connectivity index (χ2n) is 7.46. The van der Waals surface area contributed by atoms with Crippen molar-refractivity contribution in [3.63, 3.8) is 0 Å². The molecule has 0 unspecified atom stereocenters. The van der Waals surface area contributed by atoms with Crippen LogP contribution in [0.1, 0.15) is 58.3 Å². The van der Waals surface area contributed by atoms with E-state index in [-0.39, 0.29) is 23.0 Å². The Kier molecular flexibility index (Phi) is 8.16. The van der Waals surface area contributed by atoms with Crippen LogP contribution in [0.4, 0.5) is 0 Å². The summed E-state index contributed by atoms with van der Waals surface area (Å²) in [7, 11) is -3.30. The van der Waals surface area contributed by atoms with Crippen LogP contribution >= 0.6 is 0 Å². The summed E-state index contributed by atoms with van der Waals surface area (Å²) in [5.74, 6) is -0.637. The quantitative estimate of drug-likeness (QED) is 0.622. The molecule has 0 bridgehead atoms. The SMILES string of the molecule is CCCCCS(=O)(=O)CC(=O)NCC1(N2CCCCC2)CCOCC1. The number of hydrogen-bond acceptors (Lipinski definition) is 5. The molecule has 2 heterocycles. The molecule has 0 aromatic carbocycles. The van der Waals surface area contributed by atoms with E-state index in [1.54, 1.807) is 0 Å². The molecule has 0 radical (unpaired) electrons. The normalized spacial score (nSPS) is 21.8. The van der Waals surface area contributed by atoms with E-state index in [2.05, 4.69) is 10.2 Å². The summed E-state index contributed by atoms with van der Waals surface area (Å²) in [6, 6.07) is 0. The van der Waals surface area contributed by atoms with E-state index in [4.69, 9.17) is 4.74 Å². The predicted molar refractivity (Wildman–Crippen MR) is 99.4 cm³/mol. The van der Waals surface area contributed by atoms with Crippen LogP contribution in [0.25, 0.3) is 0 Å². The fourth-order valence-electron chi connectivity index (χ4n) is 3.88. The van der Waals surface area contributed by atoms with Gasteiger partial charge in [-0.3, -0.25) is 9.69 Å². The van der Waals surface area contributed by atoms with Crippen LogP contribution in [-0.4, -0.2) is 69.1 Å². The van der Waals surface area contributed by atoms with Crippen molar-refractivity contribution in [1.29, 1.82) is 0 Å². The van der Waals surface area contributed by atoms with Gasteiger partial charge >= 0.3 is 0 Å². The third kappa shape index (κ3) is 6.53. The summed E-state index contributed by atoms with van der Waals surface area (Å²) < 4.78 is 29.6. The fraction of sp³-hybridized carbons (Fsp3) is 0.944. The van der Waals surface area contributed by atoms with E-state index in [0.717, 1.165) is 38.8 Å². The van der Waals surface area contributed by atoms with Crippen molar-refractivity contribution in [2.45, 2.75) is 63.8 Å². The number of carbonyl (C=O) groups is 1. The van der Waals surface area contributed by atoms with Crippen molar-refractivity contribution in [1.82, 2.24) is 10.2 Å². The number of hydrogen-bond donors (Lipinski definition) is 1. The van der Waals surface area contributed by atoms with Crippen LogP contribution in [0, 0.1) is 0 Å². The molecule has 2 rings (SSSR count). The van der Waals surface area contributed by atoms with E-state index in [1.807, 2.05) is 6.92 Å². The van der Waals surface area contributed by atoms with Gasteiger partial charge in [0.05, 0.1) is 5.75 Å². The number of amides is 1. The molecule has 25 heavy (non-hydrogen) atoms. The van der Waals surface area contributed by atoms with Crippen LogP contribution in [0.2, 0.25) is 0 Å². The highest BCUT2D eigenvalue weighted by atomic mass is 32.2. The highest BCUT2D eigenvalue weighted by Gasteiger charge is 2.39. The molecular formula is C18H34N2O4S. The maximum absolute atomic E-state index is 12.2. The molecule has 0 aromatic heterocycles. The van der Waals surface area contributed by atoms with Gasteiger partial charge in [0.15, 0.2) is 9.84 Å². The lowest BCUT2D eigenvalue weighted by atomic mass is 9.86. The van der Waals surface area contributed by atoms with Crippen LogP contribution in [-0.2, 0) is 19.4 Å². The third-order valence-electron chi connectivity index (χ3n) is 5.47. The van der Waals surface area contributed by atoms with Crippen LogP contribution in [0.15, 0.2) is 0 Å². The molecule has 146 valence electrons. The molecule has 0 saturated carbocycles.